The fourth-order valence-corrected chi connectivity index (χ4v) is 8.52. The summed E-state index contributed by atoms with van der Waals surface area (Å²) < 4.78 is 0. The normalized spacial score (nSPS) is 17.7. The molecule has 288 valence electrons. The van der Waals surface area contributed by atoms with Crippen molar-refractivity contribution in [2.24, 2.45) is 4.99 Å². The largest absolute Gasteiger partial charge is 0.373 e. The van der Waals surface area contributed by atoms with E-state index in [1.165, 1.54) is 39.0 Å². The van der Waals surface area contributed by atoms with Crippen LogP contribution in [0.3, 0.4) is 0 Å². The summed E-state index contributed by atoms with van der Waals surface area (Å²) in [4.78, 5) is 5.23. The Morgan fingerprint density at radius 1 is 0.317 bits per heavy atom. The van der Waals surface area contributed by atoms with E-state index in [4.69, 9.17) is 4.99 Å². The van der Waals surface area contributed by atoms with Crippen molar-refractivity contribution in [3.63, 3.8) is 0 Å². The van der Waals surface area contributed by atoms with Gasteiger partial charge in [-0.25, -0.2) is 4.99 Å². The molecule has 0 bridgehead atoms. The molecule has 0 fully saturated rings. The molecule has 4 heteroatoms. The molecule has 3 unspecified atom stereocenters. The molecule has 10 rings (SSSR count). The topological polar surface area (TPSA) is 48.5 Å². The third-order valence-electron chi connectivity index (χ3n) is 11.5. The molecule has 8 aromatic carbocycles. The van der Waals surface area contributed by atoms with Crippen molar-refractivity contribution in [1.82, 2.24) is 16.0 Å². The Kier molecular flexibility index (Phi) is 10.3. The van der Waals surface area contributed by atoms with Gasteiger partial charge < -0.3 is 10.6 Å². The molecular weight excluding hydrogens is 729 g/mol. The summed E-state index contributed by atoms with van der Waals surface area (Å²) in [5, 5.41) is 11.7. The first-order valence-electron chi connectivity index (χ1n) is 20.6. The number of nitrogens with one attached hydrogen (secondary N) is 3. The quantitative estimate of drug-likeness (QED) is 0.137. The van der Waals surface area contributed by atoms with Gasteiger partial charge in [0.25, 0.3) is 0 Å². The zero-order valence-electron chi connectivity index (χ0n) is 33.1. The lowest BCUT2D eigenvalue weighted by atomic mass is 9.77. The van der Waals surface area contributed by atoms with Crippen LogP contribution in [-0.4, -0.2) is 5.84 Å². The van der Waals surface area contributed by atoms with E-state index < -0.39 is 0 Å². The van der Waals surface area contributed by atoms with Crippen molar-refractivity contribution >= 4 is 28.3 Å². The van der Waals surface area contributed by atoms with Crippen LogP contribution in [0.4, 0.5) is 0 Å². The molecule has 2 aliphatic heterocycles. The Bertz CT molecular complexity index is 2780. The van der Waals surface area contributed by atoms with Crippen LogP contribution >= 0.6 is 0 Å². The zero-order chi connectivity index (χ0) is 40.1. The summed E-state index contributed by atoms with van der Waals surface area (Å²) in [5.41, 5.74) is 16.2. The molecule has 3 atom stereocenters. The maximum absolute atomic E-state index is 5.23. The van der Waals surface area contributed by atoms with Gasteiger partial charge in [-0.1, -0.05) is 231 Å². The van der Waals surface area contributed by atoms with Crippen LogP contribution in [0.15, 0.2) is 236 Å². The number of hydrogen-bond donors (Lipinski definition) is 3. The Balaban J connectivity index is 1.10. The van der Waals surface area contributed by atoms with Gasteiger partial charge in [-0.05, 0) is 61.2 Å². The summed E-state index contributed by atoms with van der Waals surface area (Å²) in [7, 11) is 0. The zero-order valence-corrected chi connectivity index (χ0v) is 33.1. The molecule has 60 heavy (non-hydrogen) atoms. The van der Waals surface area contributed by atoms with E-state index in [-0.39, 0.29) is 18.4 Å². The van der Waals surface area contributed by atoms with Gasteiger partial charge in [0.2, 0.25) is 0 Å². The Morgan fingerprint density at radius 2 is 0.750 bits per heavy atom. The van der Waals surface area contributed by atoms with E-state index in [2.05, 4.69) is 246 Å². The van der Waals surface area contributed by atoms with E-state index in [0.717, 1.165) is 44.9 Å². The highest BCUT2D eigenvalue weighted by Gasteiger charge is 2.33. The van der Waals surface area contributed by atoms with E-state index in [9.17, 15) is 0 Å². The predicted octanol–water partition coefficient (Wildman–Crippen LogP) is 12.5. The van der Waals surface area contributed by atoms with Crippen molar-refractivity contribution in [2.75, 3.05) is 0 Å². The Hall–Kier alpha value is -7.53. The molecule has 2 heterocycles. The Morgan fingerprint density at radius 3 is 1.33 bits per heavy atom. The lowest BCUT2D eigenvalue weighted by Gasteiger charge is -2.36. The van der Waals surface area contributed by atoms with Crippen LogP contribution < -0.4 is 16.0 Å². The molecule has 0 amide bonds. The lowest BCUT2D eigenvalue weighted by molar-refractivity contribution is 0.409. The smallest absolute Gasteiger partial charge is 0.131 e. The van der Waals surface area contributed by atoms with Crippen LogP contribution in [0.5, 0.6) is 0 Å². The van der Waals surface area contributed by atoms with E-state index in [0.29, 0.717) is 0 Å². The first-order valence-corrected chi connectivity index (χ1v) is 20.6. The van der Waals surface area contributed by atoms with E-state index >= 15 is 0 Å². The second kappa shape index (κ2) is 16.8. The van der Waals surface area contributed by atoms with Crippen molar-refractivity contribution in [3.8, 4) is 11.1 Å². The highest BCUT2D eigenvalue weighted by Crippen LogP contribution is 2.50. The number of allylic oxidation sites excluding steroid dienone is 2. The number of benzene rings is 8. The SMILES string of the molecule is c1ccc(C2=C(c3ccccc3)C(c3ccc(C4NC(c5ccc(-c6ccccc6)cc5)=NC(c5ccccc5)N4)cc3)=C(c3ccccc3)C(c3ccccc3)N2)cc1. The molecular formula is C56H44N4. The van der Waals surface area contributed by atoms with Crippen LogP contribution in [0, 0.1) is 0 Å². The number of amidine groups is 1. The fraction of sp³-hybridized carbons (Fsp3) is 0.0536. The minimum absolute atomic E-state index is 0.105. The highest BCUT2D eigenvalue weighted by atomic mass is 15.3. The summed E-state index contributed by atoms with van der Waals surface area (Å²) in [6.45, 7) is 0. The van der Waals surface area contributed by atoms with E-state index in [1.54, 1.807) is 0 Å². The van der Waals surface area contributed by atoms with Gasteiger partial charge in [0.1, 0.15) is 18.2 Å². The van der Waals surface area contributed by atoms with Gasteiger partial charge >= 0.3 is 0 Å². The molecule has 0 aliphatic carbocycles. The summed E-state index contributed by atoms with van der Waals surface area (Å²) >= 11 is 0. The first-order chi connectivity index (χ1) is 29.8. The standard InChI is InChI=1S/C56H44N4/c1-7-19-39(20-8-1)40-31-35-47(36-32-40)55-58-54(46-29-17-6-18-30-46)59-56(60-55)48-37-33-43(34-38-48)49-50(41-21-9-2-10-22-41)52(44-25-13-4-14-26-44)57-53(45-27-15-5-16-28-45)51(49)42-23-11-3-12-24-42/h1-38,52,54,56-57,59H,(H,58,60). The Labute approximate surface area is 352 Å². The van der Waals surface area contributed by atoms with Crippen molar-refractivity contribution in [2.45, 2.75) is 18.4 Å². The summed E-state index contributed by atoms with van der Waals surface area (Å²) in [5.74, 6) is 0.858. The van der Waals surface area contributed by atoms with Crippen LogP contribution in [0.1, 0.15) is 62.9 Å². The fourth-order valence-electron chi connectivity index (χ4n) is 8.52. The van der Waals surface area contributed by atoms with Crippen LogP contribution in [0.25, 0.3) is 33.5 Å². The summed E-state index contributed by atoms with van der Waals surface area (Å²) in [6.07, 6.45) is -0.423. The maximum Gasteiger partial charge on any atom is 0.131 e. The number of dihydropyridines is 1. The summed E-state index contributed by atoms with van der Waals surface area (Å²) in [6, 6.07) is 81.9. The molecule has 0 spiro atoms. The number of rotatable bonds is 9. The number of hydrogen-bond acceptors (Lipinski definition) is 4. The van der Waals surface area contributed by atoms with Crippen molar-refractivity contribution in [1.29, 1.82) is 0 Å². The lowest BCUT2D eigenvalue weighted by Crippen LogP contribution is -2.44. The molecule has 8 aromatic rings. The molecule has 4 nitrogen and oxygen atoms in total. The average molecular weight is 773 g/mol. The van der Waals surface area contributed by atoms with E-state index in [1.807, 2.05) is 0 Å². The third kappa shape index (κ3) is 7.48. The highest BCUT2D eigenvalue weighted by molar-refractivity contribution is 6.23. The molecule has 0 saturated heterocycles. The monoisotopic (exact) mass is 772 g/mol. The molecule has 3 N–H and O–H groups in total. The average Bonchev–Trinajstić information content (AvgIpc) is 3.35. The number of aliphatic imine (C=N–C) groups is 1. The first kappa shape index (κ1) is 36.8. The molecule has 2 aliphatic rings. The second-order valence-corrected chi connectivity index (χ2v) is 15.2. The van der Waals surface area contributed by atoms with Gasteiger partial charge in [-0.2, -0.15) is 0 Å². The molecule has 0 radical (unpaired) electrons. The van der Waals surface area contributed by atoms with Gasteiger partial charge in [-0.3, -0.25) is 5.32 Å². The van der Waals surface area contributed by atoms with Crippen LogP contribution in [-0.2, 0) is 0 Å². The minimum atomic E-state index is -0.231. The van der Waals surface area contributed by atoms with Crippen molar-refractivity contribution in [3.05, 3.63) is 275 Å². The van der Waals surface area contributed by atoms with Crippen molar-refractivity contribution < 1.29 is 0 Å². The predicted molar refractivity (Wildman–Crippen MR) is 248 cm³/mol. The van der Waals surface area contributed by atoms with Gasteiger partial charge in [0.15, 0.2) is 0 Å². The van der Waals surface area contributed by atoms with Crippen LogP contribution in [0.2, 0.25) is 0 Å². The number of nitrogens with zero attached hydrogens (tertiary/aromatic N) is 1. The maximum atomic E-state index is 5.23. The second-order valence-electron chi connectivity index (χ2n) is 15.2. The minimum Gasteiger partial charge on any atom is -0.373 e. The molecule has 0 saturated carbocycles. The van der Waals surface area contributed by atoms with Gasteiger partial charge in [0, 0.05) is 11.1 Å². The third-order valence-corrected chi connectivity index (χ3v) is 11.5. The van der Waals surface area contributed by atoms with Gasteiger partial charge in [0.05, 0.1) is 11.7 Å². The molecule has 0 aromatic heterocycles. The van der Waals surface area contributed by atoms with Gasteiger partial charge in [-0.15, -0.1) is 0 Å².